The van der Waals surface area contributed by atoms with Gasteiger partial charge < -0.3 is 10.6 Å². The molecule has 2 amide bonds. The summed E-state index contributed by atoms with van der Waals surface area (Å²) in [6, 6.07) is 9.04. The summed E-state index contributed by atoms with van der Waals surface area (Å²) in [6.07, 6.45) is 2.16. The van der Waals surface area contributed by atoms with Gasteiger partial charge >= 0.3 is 0 Å². The molecule has 0 radical (unpaired) electrons. The normalized spacial score (nSPS) is 20.0. The van der Waals surface area contributed by atoms with E-state index in [0.717, 1.165) is 5.56 Å². The molecule has 0 aliphatic carbocycles. The fourth-order valence-electron chi connectivity index (χ4n) is 2.35. The average molecular weight is 336 g/mol. The van der Waals surface area contributed by atoms with Crippen molar-refractivity contribution >= 4 is 27.7 Å². The third-order valence-electron chi connectivity index (χ3n) is 3.55. The molecule has 6 nitrogen and oxygen atoms in total. The molecule has 23 heavy (non-hydrogen) atoms. The largest absolute Gasteiger partial charge is 0.351 e. The summed E-state index contributed by atoms with van der Waals surface area (Å²) >= 11 is 0. The second kappa shape index (κ2) is 7.41. The molecule has 1 fully saturated rings. The number of hydrogen-bond donors (Lipinski definition) is 2. The minimum atomic E-state index is -3.03. The van der Waals surface area contributed by atoms with E-state index < -0.39 is 9.84 Å². The molecule has 7 heteroatoms. The minimum absolute atomic E-state index is 0.0282. The van der Waals surface area contributed by atoms with E-state index in [1.54, 1.807) is 13.0 Å². The molecule has 1 aromatic carbocycles. The summed E-state index contributed by atoms with van der Waals surface area (Å²) in [4.78, 5) is 23.7. The van der Waals surface area contributed by atoms with Crippen LogP contribution in [0.4, 0.5) is 0 Å². The number of carbonyl (C=O) groups is 2. The number of sulfone groups is 1. The predicted octanol–water partition coefficient (Wildman–Crippen LogP) is 0.509. The van der Waals surface area contributed by atoms with Gasteiger partial charge in [0.2, 0.25) is 11.8 Å². The number of rotatable bonds is 5. The third kappa shape index (κ3) is 5.52. The molecule has 2 rings (SSSR count). The Morgan fingerprint density at radius 2 is 1.96 bits per heavy atom. The van der Waals surface area contributed by atoms with Crippen LogP contribution >= 0.6 is 0 Å². The SMILES string of the molecule is C/C(=C\c1ccccc1)C(=O)NCC(=O)NC1CCS(=O)(=O)C1. The maximum Gasteiger partial charge on any atom is 0.247 e. The lowest BCUT2D eigenvalue weighted by atomic mass is 10.1. The molecule has 1 atom stereocenters. The van der Waals surface area contributed by atoms with E-state index in [9.17, 15) is 18.0 Å². The highest BCUT2D eigenvalue weighted by Gasteiger charge is 2.28. The van der Waals surface area contributed by atoms with Crippen molar-refractivity contribution in [1.82, 2.24) is 10.6 Å². The third-order valence-corrected chi connectivity index (χ3v) is 5.32. The van der Waals surface area contributed by atoms with E-state index in [0.29, 0.717) is 12.0 Å². The monoisotopic (exact) mass is 336 g/mol. The first kappa shape index (κ1) is 17.2. The zero-order valence-electron chi connectivity index (χ0n) is 12.9. The van der Waals surface area contributed by atoms with Gasteiger partial charge in [-0.15, -0.1) is 0 Å². The molecule has 0 saturated carbocycles. The zero-order chi connectivity index (χ0) is 16.9. The summed E-state index contributed by atoms with van der Waals surface area (Å²) in [5.41, 5.74) is 1.40. The average Bonchev–Trinajstić information content (AvgIpc) is 2.84. The Labute approximate surface area is 135 Å². The summed E-state index contributed by atoms with van der Waals surface area (Å²) in [5, 5.41) is 5.15. The highest BCUT2D eigenvalue weighted by Crippen LogP contribution is 2.11. The molecule has 0 spiro atoms. The van der Waals surface area contributed by atoms with Crippen LogP contribution in [0.2, 0.25) is 0 Å². The molecule has 2 N–H and O–H groups in total. The van der Waals surface area contributed by atoms with Crippen LogP contribution in [-0.2, 0) is 19.4 Å². The predicted molar refractivity (Wildman–Crippen MR) is 88.3 cm³/mol. The van der Waals surface area contributed by atoms with Crippen molar-refractivity contribution in [2.24, 2.45) is 0 Å². The van der Waals surface area contributed by atoms with Crippen LogP contribution in [0.5, 0.6) is 0 Å². The molecule has 1 saturated heterocycles. The van der Waals surface area contributed by atoms with E-state index in [4.69, 9.17) is 0 Å². The Bertz CT molecular complexity index is 711. The van der Waals surface area contributed by atoms with Gasteiger partial charge in [0.1, 0.15) is 0 Å². The van der Waals surface area contributed by atoms with Gasteiger partial charge in [0.05, 0.1) is 18.1 Å². The lowest BCUT2D eigenvalue weighted by molar-refractivity contribution is -0.124. The van der Waals surface area contributed by atoms with Crippen LogP contribution < -0.4 is 10.6 Å². The lowest BCUT2D eigenvalue weighted by Crippen LogP contribution is -2.42. The van der Waals surface area contributed by atoms with Crippen LogP contribution in [0.25, 0.3) is 6.08 Å². The van der Waals surface area contributed by atoms with E-state index in [1.807, 2.05) is 30.3 Å². The lowest BCUT2D eigenvalue weighted by Gasteiger charge is -2.11. The number of hydrogen-bond acceptors (Lipinski definition) is 4. The Morgan fingerprint density at radius 3 is 2.57 bits per heavy atom. The highest BCUT2D eigenvalue weighted by molar-refractivity contribution is 7.91. The van der Waals surface area contributed by atoms with Crippen LogP contribution in [0.3, 0.4) is 0 Å². The molecule has 1 aromatic rings. The molecule has 1 heterocycles. The summed E-state index contributed by atoms with van der Waals surface area (Å²) in [5.74, 6) is -0.640. The topological polar surface area (TPSA) is 92.3 Å². The van der Waals surface area contributed by atoms with Gasteiger partial charge in [-0.2, -0.15) is 0 Å². The number of carbonyl (C=O) groups excluding carboxylic acids is 2. The molecule has 1 aliphatic heterocycles. The maximum absolute atomic E-state index is 11.9. The molecule has 0 aromatic heterocycles. The Kier molecular flexibility index (Phi) is 5.54. The second-order valence-electron chi connectivity index (χ2n) is 5.59. The molecule has 124 valence electrons. The van der Waals surface area contributed by atoms with Crippen LogP contribution in [0, 0.1) is 0 Å². The van der Waals surface area contributed by atoms with Crippen molar-refractivity contribution in [3.8, 4) is 0 Å². The van der Waals surface area contributed by atoms with Crippen LogP contribution in [-0.4, -0.2) is 44.3 Å². The van der Waals surface area contributed by atoms with Gasteiger partial charge in [0.15, 0.2) is 9.84 Å². The number of amides is 2. The standard InChI is InChI=1S/C16H20N2O4S/c1-12(9-13-5-3-2-4-6-13)16(20)17-10-15(19)18-14-7-8-23(21,22)11-14/h2-6,9,14H,7-8,10-11H2,1H3,(H,17,20)(H,18,19)/b12-9+. The fourth-order valence-corrected chi connectivity index (χ4v) is 4.03. The molecule has 1 aliphatic rings. The molecule has 0 bridgehead atoms. The van der Waals surface area contributed by atoms with Gasteiger partial charge in [-0.3, -0.25) is 9.59 Å². The van der Waals surface area contributed by atoms with Gasteiger partial charge in [-0.1, -0.05) is 30.3 Å². The van der Waals surface area contributed by atoms with Crippen molar-refractivity contribution in [1.29, 1.82) is 0 Å². The summed E-state index contributed by atoms with van der Waals surface area (Å²) < 4.78 is 22.6. The van der Waals surface area contributed by atoms with Gasteiger partial charge in [-0.25, -0.2) is 8.42 Å². The first-order valence-corrected chi connectivity index (χ1v) is 9.19. The first-order chi connectivity index (χ1) is 10.9. The maximum atomic E-state index is 11.9. The quantitative estimate of drug-likeness (QED) is 0.766. The van der Waals surface area contributed by atoms with Crippen LogP contribution in [0.1, 0.15) is 18.9 Å². The van der Waals surface area contributed by atoms with E-state index in [2.05, 4.69) is 10.6 Å². The molecular formula is C16H20N2O4S. The fraction of sp³-hybridized carbons (Fsp3) is 0.375. The summed E-state index contributed by atoms with van der Waals surface area (Å²) in [7, 11) is -3.03. The molecular weight excluding hydrogens is 316 g/mol. The number of benzene rings is 1. The highest BCUT2D eigenvalue weighted by atomic mass is 32.2. The number of nitrogens with one attached hydrogen (secondary N) is 2. The van der Waals surface area contributed by atoms with Gasteiger partial charge in [-0.05, 0) is 25.0 Å². The van der Waals surface area contributed by atoms with Crippen molar-refractivity contribution in [2.75, 3.05) is 18.1 Å². The van der Waals surface area contributed by atoms with E-state index >= 15 is 0 Å². The van der Waals surface area contributed by atoms with Gasteiger partial charge in [0.25, 0.3) is 0 Å². The Hall–Kier alpha value is -2.15. The second-order valence-corrected chi connectivity index (χ2v) is 7.82. The van der Waals surface area contributed by atoms with Crippen molar-refractivity contribution in [2.45, 2.75) is 19.4 Å². The zero-order valence-corrected chi connectivity index (χ0v) is 13.7. The Balaban J connectivity index is 1.80. The van der Waals surface area contributed by atoms with Crippen molar-refractivity contribution in [3.05, 3.63) is 41.5 Å². The summed E-state index contributed by atoms with van der Waals surface area (Å²) in [6.45, 7) is 1.50. The van der Waals surface area contributed by atoms with Crippen LogP contribution in [0.15, 0.2) is 35.9 Å². The van der Waals surface area contributed by atoms with Crippen molar-refractivity contribution < 1.29 is 18.0 Å². The van der Waals surface area contributed by atoms with E-state index in [-0.39, 0.29) is 35.9 Å². The minimum Gasteiger partial charge on any atom is -0.351 e. The van der Waals surface area contributed by atoms with Gasteiger partial charge in [0, 0.05) is 11.6 Å². The first-order valence-electron chi connectivity index (χ1n) is 7.37. The van der Waals surface area contributed by atoms with Crippen molar-refractivity contribution in [3.63, 3.8) is 0 Å². The van der Waals surface area contributed by atoms with E-state index in [1.165, 1.54) is 0 Å². The smallest absolute Gasteiger partial charge is 0.247 e. The Morgan fingerprint density at radius 1 is 1.26 bits per heavy atom. The molecule has 1 unspecified atom stereocenters.